The Morgan fingerprint density at radius 3 is 2.23 bits per heavy atom. The zero-order chi connectivity index (χ0) is 9.90. The summed E-state index contributed by atoms with van der Waals surface area (Å²) in [6.45, 7) is 9.64. The lowest BCUT2D eigenvalue weighted by molar-refractivity contribution is 0.222. The molecule has 1 aliphatic carbocycles. The Bertz CT molecular complexity index is 146. The molecule has 1 fully saturated rings. The monoisotopic (exact) mass is 182 g/mol. The van der Waals surface area contributed by atoms with Gasteiger partial charge >= 0.3 is 0 Å². The van der Waals surface area contributed by atoms with Crippen LogP contribution < -0.4 is 0 Å². The van der Waals surface area contributed by atoms with Gasteiger partial charge in [-0.3, -0.25) is 0 Å². The summed E-state index contributed by atoms with van der Waals surface area (Å²) in [4.78, 5) is 0. The highest BCUT2D eigenvalue weighted by Crippen LogP contribution is 2.42. The zero-order valence-electron chi connectivity index (χ0n) is 9.90. The van der Waals surface area contributed by atoms with Gasteiger partial charge in [0.1, 0.15) is 0 Å². The molecule has 0 heterocycles. The Labute approximate surface area is 84.1 Å². The number of rotatable bonds is 2. The van der Waals surface area contributed by atoms with Crippen LogP contribution in [0.25, 0.3) is 0 Å². The van der Waals surface area contributed by atoms with Crippen molar-refractivity contribution < 1.29 is 0 Å². The first-order valence-corrected chi connectivity index (χ1v) is 6.09. The fraction of sp³-hybridized carbons (Fsp3) is 1.00. The minimum atomic E-state index is 0.616. The second-order valence-electron chi connectivity index (χ2n) is 5.60. The number of hydrogen-bond acceptors (Lipinski definition) is 0. The van der Waals surface area contributed by atoms with Gasteiger partial charge in [0.25, 0.3) is 0 Å². The van der Waals surface area contributed by atoms with Crippen LogP contribution in [0.3, 0.4) is 0 Å². The van der Waals surface area contributed by atoms with Gasteiger partial charge < -0.3 is 0 Å². The van der Waals surface area contributed by atoms with Gasteiger partial charge in [0.05, 0.1) is 0 Å². The van der Waals surface area contributed by atoms with E-state index in [0.29, 0.717) is 5.41 Å². The van der Waals surface area contributed by atoms with Crippen LogP contribution in [0.4, 0.5) is 0 Å². The first-order valence-electron chi connectivity index (χ1n) is 6.09. The zero-order valence-corrected chi connectivity index (χ0v) is 9.90. The predicted molar refractivity (Wildman–Crippen MR) is 59.8 cm³/mol. The lowest BCUT2D eigenvalue weighted by Crippen LogP contribution is -2.18. The van der Waals surface area contributed by atoms with E-state index in [-0.39, 0.29) is 0 Å². The molecule has 0 heteroatoms. The van der Waals surface area contributed by atoms with Crippen LogP contribution in [-0.4, -0.2) is 0 Å². The maximum atomic E-state index is 2.45. The standard InChI is InChI=1S/C13H26/c1-5-11-8-7-9-13(3,4)10-12(11)6-2/h11-12H,5-10H2,1-4H3. The van der Waals surface area contributed by atoms with E-state index in [4.69, 9.17) is 0 Å². The Balaban J connectivity index is 2.62. The molecule has 0 aromatic carbocycles. The van der Waals surface area contributed by atoms with E-state index in [1.165, 1.54) is 38.5 Å². The van der Waals surface area contributed by atoms with Crippen molar-refractivity contribution in [1.82, 2.24) is 0 Å². The van der Waals surface area contributed by atoms with Gasteiger partial charge in [-0.25, -0.2) is 0 Å². The van der Waals surface area contributed by atoms with Crippen LogP contribution >= 0.6 is 0 Å². The Morgan fingerprint density at radius 1 is 1.08 bits per heavy atom. The van der Waals surface area contributed by atoms with Gasteiger partial charge in [-0.15, -0.1) is 0 Å². The maximum Gasteiger partial charge on any atom is -0.0351 e. The fourth-order valence-corrected chi connectivity index (χ4v) is 3.07. The molecule has 0 bridgehead atoms. The summed E-state index contributed by atoms with van der Waals surface area (Å²) in [5.74, 6) is 2.02. The molecule has 2 unspecified atom stereocenters. The van der Waals surface area contributed by atoms with Crippen molar-refractivity contribution in [1.29, 1.82) is 0 Å². The summed E-state index contributed by atoms with van der Waals surface area (Å²) in [6.07, 6.45) is 8.64. The molecule has 0 N–H and O–H groups in total. The average molecular weight is 182 g/mol. The van der Waals surface area contributed by atoms with Crippen LogP contribution in [0.15, 0.2) is 0 Å². The fourth-order valence-electron chi connectivity index (χ4n) is 3.07. The van der Waals surface area contributed by atoms with Crippen LogP contribution in [0.2, 0.25) is 0 Å². The third-order valence-electron chi connectivity index (χ3n) is 3.96. The highest BCUT2D eigenvalue weighted by Gasteiger charge is 2.30. The van der Waals surface area contributed by atoms with Crippen molar-refractivity contribution in [2.75, 3.05) is 0 Å². The van der Waals surface area contributed by atoms with Crippen molar-refractivity contribution in [3.05, 3.63) is 0 Å². The van der Waals surface area contributed by atoms with E-state index >= 15 is 0 Å². The van der Waals surface area contributed by atoms with Crippen molar-refractivity contribution >= 4 is 0 Å². The van der Waals surface area contributed by atoms with Crippen LogP contribution in [0, 0.1) is 17.3 Å². The van der Waals surface area contributed by atoms with Gasteiger partial charge in [-0.2, -0.15) is 0 Å². The summed E-state index contributed by atoms with van der Waals surface area (Å²) in [5.41, 5.74) is 0.616. The van der Waals surface area contributed by atoms with Crippen LogP contribution in [0.1, 0.15) is 66.2 Å². The van der Waals surface area contributed by atoms with Crippen LogP contribution in [0.5, 0.6) is 0 Å². The Kier molecular flexibility index (Phi) is 3.82. The minimum absolute atomic E-state index is 0.616. The Hall–Kier alpha value is 0. The third-order valence-corrected chi connectivity index (χ3v) is 3.96. The maximum absolute atomic E-state index is 2.45. The van der Waals surface area contributed by atoms with E-state index < -0.39 is 0 Å². The van der Waals surface area contributed by atoms with Crippen molar-refractivity contribution in [3.63, 3.8) is 0 Å². The molecule has 1 aliphatic rings. The van der Waals surface area contributed by atoms with Gasteiger partial charge in [-0.05, 0) is 30.1 Å². The largest absolute Gasteiger partial charge is 0.0651 e. The molecular formula is C13H26. The molecule has 0 nitrogen and oxygen atoms in total. The summed E-state index contributed by atoms with van der Waals surface area (Å²) in [5, 5.41) is 0. The van der Waals surface area contributed by atoms with E-state index in [1.54, 1.807) is 0 Å². The van der Waals surface area contributed by atoms with E-state index in [1.807, 2.05) is 0 Å². The molecule has 1 saturated carbocycles. The molecule has 0 saturated heterocycles. The topological polar surface area (TPSA) is 0 Å². The van der Waals surface area contributed by atoms with E-state index in [0.717, 1.165) is 11.8 Å². The van der Waals surface area contributed by atoms with E-state index in [9.17, 15) is 0 Å². The predicted octanol–water partition coefficient (Wildman–Crippen LogP) is 4.64. The van der Waals surface area contributed by atoms with Gasteiger partial charge in [0.2, 0.25) is 0 Å². The quantitative estimate of drug-likeness (QED) is 0.546. The normalized spacial score (nSPS) is 34.2. The molecule has 78 valence electrons. The highest BCUT2D eigenvalue weighted by atomic mass is 14.4. The molecule has 2 atom stereocenters. The molecule has 0 aromatic heterocycles. The van der Waals surface area contributed by atoms with Crippen LogP contribution in [-0.2, 0) is 0 Å². The highest BCUT2D eigenvalue weighted by molar-refractivity contribution is 4.81. The lowest BCUT2D eigenvalue weighted by Gasteiger charge is -2.29. The van der Waals surface area contributed by atoms with Crippen molar-refractivity contribution in [2.24, 2.45) is 17.3 Å². The molecule has 0 amide bonds. The second-order valence-corrected chi connectivity index (χ2v) is 5.60. The lowest BCUT2D eigenvalue weighted by atomic mass is 9.77. The molecule has 1 rings (SSSR count). The van der Waals surface area contributed by atoms with Gasteiger partial charge in [-0.1, -0.05) is 53.4 Å². The van der Waals surface area contributed by atoms with E-state index in [2.05, 4.69) is 27.7 Å². The SMILES string of the molecule is CCC1CCCC(C)(C)CC1CC. The molecule has 0 radical (unpaired) electrons. The van der Waals surface area contributed by atoms with Gasteiger partial charge in [0, 0.05) is 0 Å². The summed E-state index contributed by atoms with van der Waals surface area (Å²) in [6, 6.07) is 0. The first-order chi connectivity index (χ1) is 6.09. The molecule has 13 heavy (non-hydrogen) atoms. The molecule has 0 spiro atoms. The summed E-state index contributed by atoms with van der Waals surface area (Å²) in [7, 11) is 0. The van der Waals surface area contributed by atoms with Crippen molar-refractivity contribution in [2.45, 2.75) is 66.2 Å². The average Bonchev–Trinajstić information content (AvgIpc) is 2.22. The smallest absolute Gasteiger partial charge is 0.0351 e. The van der Waals surface area contributed by atoms with Crippen molar-refractivity contribution in [3.8, 4) is 0 Å². The minimum Gasteiger partial charge on any atom is -0.0651 e. The van der Waals surface area contributed by atoms with Gasteiger partial charge in [0.15, 0.2) is 0 Å². The molecule has 0 aromatic rings. The molecular weight excluding hydrogens is 156 g/mol. The number of hydrogen-bond donors (Lipinski definition) is 0. The summed E-state index contributed by atoms with van der Waals surface area (Å²) < 4.78 is 0. The summed E-state index contributed by atoms with van der Waals surface area (Å²) >= 11 is 0. The first kappa shape index (κ1) is 11.1. The second kappa shape index (κ2) is 4.48. The third kappa shape index (κ3) is 3.00. The molecule has 0 aliphatic heterocycles. The Morgan fingerprint density at radius 2 is 1.69 bits per heavy atom.